The Hall–Kier alpha value is -4.31. The summed E-state index contributed by atoms with van der Waals surface area (Å²) in [6, 6.07) is 15.5. The Morgan fingerprint density at radius 3 is 2.17 bits per heavy atom. The molecule has 0 spiro atoms. The number of aromatic nitrogens is 2. The average molecular weight is 508 g/mol. The Bertz CT molecular complexity index is 1520. The normalized spacial score (nSPS) is 10.7. The van der Waals surface area contributed by atoms with E-state index in [9.17, 15) is 9.59 Å². The molecule has 0 aliphatic heterocycles. The molecule has 0 saturated heterocycles. The summed E-state index contributed by atoms with van der Waals surface area (Å²) >= 11 is 5.45. The molecule has 0 unspecified atom stereocenters. The quantitative estimate of drug-likeness (QED) is 0.341. The van der Waals surface area contributed by atoms with Gasteiger partial charge in [0.25, 0.3) is 11.5 Å². The minimum Gasteiger partial charge on any atom is -0.497 e. The first-order chi connectivity index (χ1) is 17.4. The number of rotatable bonds is 8. The van der Waals surface area contributed by atoms with E-state index in [1.54, 1.807) is 37.4 Å². The van der Waals surface area contributed by atoms with Crippen molar-refractivity contribution in [1.82, 2.24) is 9.55 Å². The van der Waals surface area contributed by atoms with Crippen LogP contribution in [0.25, 0.3) is 10.9 Å². The van der Waals surface area contributed by atoms with Gasteiger partial charge in [-0.1, -0.05) is 12.1 Å². The maximum Gasteiger partial charge on any atom is 0.262 e. The van der Waals surface area contributed by atoms with Crippen molar-refractivity contribution in [2.75, 3.05) is 33.8 Å². The maximum atomic E-state index is 13.2. The molecular weight excluding hydrogens is 482 g/mol. The molecule has 2 N–H and O–H groups in total. The van der Waals surface area contributed by atoms with E-state index in [-0.39, 0.29) is 16.2 Å². The van der Waals surface area contributed by atoms with Crippen LogP contribution in [0.15, 0.2) is 59.4 Å². The molecular formula is C26H25N3O6S. The number of hydrogen-bond donors (Lipinski definition) is 2. The molecule has 0 radical (unpaired) electrons. The Morgan fingerprint density at radius 2 is 1.58 bits per heavy atom. The fourth-order valence-corrected chi connectivity index (χ4v) is 4.07. The molecule has 10 heteroatoms. The standard InChI is InChI=1S/C26H25N3O6S/c1-32-18-8-5-15(6-9-18)14-29-25(31)19-10-7-16(11-20(19)28-26(29)36)24(30)27-17-12-21(33-2)23(35-4)22(13-17)34-3/h5-13H,14H2,1-4H3,(H,27,30)(H,28,36). The van der Waals surface area contributed by atoms with Crippen molar-refractivity contribution in [2.45, 2.75) is 6.54 Å². The summed E-state index contributed by atoms with van der Waals surface area (Å²) in [5, 5.41) is 3.24. The van der Waals surface area contributed by atoms with Gasteiger partial charge in [-0.3, -0.25) is 14.2 Å². The lowest BCUT2D eigenvalue weighted by Gasteiger charge is -2.15. The van der Waals surface area contributed by atoms with Crippen LogP contribution in [0.4, 0.5) is 5.69 Å². The van der Waals surface area contributed by atoms with Crippen LogP contribution in [-0.2, 0) is 6.54 Å². The van der Waals surface area contributed by atoms with Crippen LogP contribution in [-0.4, -0.2) is 43.9 Å². The summed E-state index contributed by atoms with van der Waals surface area (Å²) in [5.41, 5.74) is 1.92. The molecule has 4 aromatic rings. The van der Waals surface area contributed by atoms with E-state index in [0.29, 0.717) is 45.9 Å². The summed E-state index contributed by atoms with van der Waals surface area (Å²) in [6.07, 6.45) is 0. The van der Waals surface area contributed by atoms with Gasteiger partial charge in [-0.15, -0.1) is 0 Å². The monoisotopic (exact) mass is 507 g/mol. The minimum absolute atomic E-state index is 0.249. The van der Waals surface area contributed by atoms with Gasteiger partial charge in [-0.2, -0.15) is 0 Å². The van der Waals surface area contributed by atoms with Crippen molar-refractivity contribution in [3.05, 3.63) is 80.8 Å². The van der Waals surface area contributed by atoms with Gasteiger partial charge in [0.15, 0.2) is 16.3 Å². The number of methoxy groups -OCH3 is 4. The number of nitrogens with zero attached hydrogens (tertiary/aromatic N) is 1. The highest BCUT2D eigenvalue weighted by atomic mass is 32.1. The fourth-order valence-electron chi connectivity index (χ4n) is 3.81. The lowest BCUT2D eigenvalue weighted by Crippen LogP contribution is -2.23. The van der Waals surface area contributed by atoms with Crippen LogP contribution < -0.4 is 29.8 Å². The molecule has 4 rings (SSSR count). The number of fused-ring (bicyclic) bond motifs is 1. The van der Waals surface area contributed by atoms with Crippen LogP contribution in [0.2, 0.25) is 0 Å². The van der Waals surface area contributed by atoms with Gasteiger partial charge in [-0.25, -0.2) is 0 Å². The smallest absolute Gasteiger partial charge is 0.262 e. The third kappa shape index (κ3) is 4.89. The molecule has 186 valence electrons. The Labute approximate surface area is 212 Å². The molecule has 0 saturated carbocycles. The van der Waals surface area contributed by atoms with E-state index in [1.165, 1.54) is 25.9 Å². The van der Waals surface area contributed by atoms with Gasteiger partial charge < -0.3 is 29.2 Å². The molecule has 0 aliphatic rings. The number of nitrogens with one attached hydrogen (secondary N) is 2. The summed E-state index contributed by atoms with van der Waals surface area (Å²) in [6.45, 7) is 0.303. The highest BCUT2D eigenvalue weighted by molar-refractivity contribution is 7.71. The number of carbonyl (C=O) groups excluding carboxylic acids is 1. The van der Waals surface area contributed by atoms with Crippen LogP contribution in [0.3, 0.4) is 0 Å². The van der Waals surface area contributed by atoms with E-state index in [1.807, 2.05) is 24.3 Å². The Kier molecular flexibility index (Phi) is 7.25. The number of amides is 1. The number of anilines is 1. The van der Waals surface area contributed by atoms with Gasteiger partial charge in [-0.05, 0) is 48.1 Å². The summed E-state index contributed by atoms with van der Waals surface area (Å²) in [4.78, 5) is 29.2. The first-order valence-corrected chi connectivity index (χ1v) is 11.3. The third-order valence-electron chi connectivity index (χ3n) is 5.67. The first-order valence-electron chi connectivity index (χ1n) is 10.9. The van der Waals surface area contributed by atoms with Crippen LogP contribution in [0.5, 0.6) is 23.0 Å². The molecule has 0 fully saturated rings. The minimum atomic E-state index is -0.382. The van der Waals surface area contributed by atoms with E-state index in [2.05, 4.69) is 10.3 Å². The summed E-state index contributed by atoms with van der Waals surface area (Å²) in [7, 11) is 6.09. The van der Waals surface area contributed by atoms with Crippen LogP contribution in [0.1, 0.15) is 15.9 Å². The summed E-state index contributed by atoms with van der Waals surface area (Å²) in [5.74, 6) is 1.58. The highest BCUT2D eigenvalue weighted by Crippen LogP contribution is 2.40. The second kappa shape index (κ2) is 10.5. The SMILES string of the molecule is COc1ccc(Cn2c(=S)[nH]c3cc(C(=O)Nc4cc(OC)c(OC)c(OC)c4)ccc3c2=O)cc1. The lowest BCUT2D eigenvalue weighted by atomic mass is 10.1. The van der Waals surface area contributed by atoms with Crippen molar-refractivity contribution >= 4 is 34.7 Å². The van der Waals surface area contributed by atoms with Crippen molar-refractivity contribution < 1.29 is 23.7 Å². The van der Waals surface area contributed by atoms with Gasteiger partial charge in [0.2, 0.25) is 5.75 Å². The predicted molar refractivity (Wildman–Crippen MR) is 140 cm³/mol. The maximum absolute atomic E-state index is 13.2. The highest BCUT2D eigenvalue weighted by Gasteiger charge is 2.16. The fraction of sp³-hybridized carbons (Fsp3) is 0.192. The predicted octanol–water partition coefficient (Wildman–Crippen LogP) is 4.39. The Balaban J connectivity index is 1.63. The Morgan fingerprint density at radius 1 is 0.917 bits per heavy atom. The molecule has 0 aliphatic carbocycles. The molecule has 1 heterocycles. The van der Waals surface area contributed by atoms with Crippen molar-refractivity contribution in [2.24, 2.45) is 0 Å². The van der Waals surface area contributed by atoms with Gasteiger partial charge in [0.1, 0.15) is 5.75 Å². The number of ether oxygens (including phenoxy) is 4. The second-order valence-electron chi connectivity index (χ2n) is 7.80. The molecule has 36 heavy (non-hydrogen) atoms. The lowest BCUT2D eigenvalue weighted by molar-refractivity contribution is 0.102. The number of H-pyrrole nitrogens is 1. The van der Waals surface area contributed by atoms with E-state index >= 15 is 0 Å². The van der Waals surface area contributed by atoms with E-state index in [4.69, 9.17) is 31.2 Å². The van der Waals surface area contributed by atoms with Crippen molar-refractivity contribution in [1.29, 1.82) is 0 Å². The molecule has 1 aromatic heterocycles. The van der Waals surface area contributed by atoms with Crippen molar-refractivity contribution in [3.63, 3.8) is 0 Å². The molecule has 1 amide bonds. The van der Waals surface area contributed by atoms with Crippen LogP contribution in [0, 0.1) is 4.77 Å². The molecule has 0 bridgehead atoms. The zero-order chi connectivity index (χ0) is 25.8. The number of aromatic amines is 1. The topological polar surface area (TPSA) is 104 Å². The van der Waals surface area contributed by atoms with Crippen LogP contribution >= 0.6 is 12.2 Å². The number of hydrogen-bond acceptors (Lipinski definition) is 7. The van der Waals surface area contributed by atoms with Gasteiger partial charge in [0.05, 0.1) is 45.9 Å². The van der Waals surface area contributed by atoms with Gasteiger partial charge in [0, 0.05) is 23.4 Å². The van der Waals surface area contributed by atoms with E-state index < -0.39 is 0 Å². The average Bonchev–Trinajstić information content (AvgIpc) is 2.90. The first kappa shape index (κ1) is 24.8. The zero-order valence-corrected chi connectivity index (χ0v) is 21.0. The number of carbonyl (C=O) groups is 1. The molecule has 9 nitrogen and oxygen atoms in total. The van der Waals surface area contributed by atoms with E-state index in [0.717, 1.165) is 11.3 Å². The summed E-state index contributed by atoms with van der Waals surface area (Å²) < 4.78 is 22.9. The molecule has 0 atom stereocenters. The van der Waals surface area contributed by atoms with Gasteiger partial charge >= 0.3 is 0 Å². The number of benzene rings is 3. The zero-order valence-electron chi connectivity index (χ0n) is 20.2. The van der Waals surface area contributed by atoms with Crippen molar-refractivity contribution in [3.8, 4) is 23.0 Å². The second-order valence-corrected chi connectivity index (χ2v) is 8.18. The largest absolute Gasteiger partial charge is 0.497 e. The third-order valence-corrected chi connectivity index (χ3v) is 5.99. The molecule has 3 aromatic carbocycles.